The molecule has 2 heterocycles. The number of carbonyl (C=O) groups is 2. The molecule has 6 aromatic rings. The van der Waals surface area contributed by atoms with Crippen LogP contribution in [0.5, 0.6) is 0 Å². The number of nitrogens with one attached hydrogen (secondary N) is 2. The summed E-state index contributed by atoms with van der Waals surface area (Å²) in [6.07, 6.45) is 3.52. The second kappa shape index (κ2) is 14.0. The Hall–Kier alpha value is -5.68. The van der Waals surface area contributed by atoms with Crippen molar-refractivity contribution in [2.75, 3.05) is 0 Å². The van der Waals surface area contributed by atoms with Gasteiger partial charge in [0, 0.05) is 57.2 Å². The molecule has 2 amide bonds. The first kappa shape index (κ1) is 30.4. The smallest absolute Gasteiger partial charge is 0.251 e. The lowest BCUT2D eigenvalue weighted by Crippen LogP contribution is -2.22. The third-order valence-corrected chi connectivity index (χ3v) is 9.73. The summed E-state index contributed by atoms with van der Waals surface area (Å²) in [4.78, 5) is 36.7. The van der Waals surface area contributed by atoms with Crippen LogP contribution in [-0.4, -0.2) is 21.8 Å². The number of amides is 2. The van der Waals surface area contributed by atoms with E-state index in [1.165, 1.54) is 0 Å². The molecule has 0 radical (unpaired) electrons. The molecule has 8 nitrogen and oxygen atoms in total. The molecular weight excluding hydrogens is 613 g/mol. The molecule has 222 valence electrons. The summed E-state index contributed by atoms with van der Waals surface area (Å²) in [6, 6.07) is 33.0. The second-order valence-corrected chi connectivity index (χ2v) is 12.4. The van der Waals surface area contributed by atoms with Gasteiger partial charge in [-0.1, -0.05) is 45.9 Å². The molecule has 0 unspecified atom stereocenters. The van der Waals surface area contributed by atoms with E-state index in [9.17, 15) is 9.59 Å². The van der Waals surface area contributed by atoms with Crippen molar-refractivity contribution in [3.05, 3.63) is 143 Å². The molecule has 0 saturated carbocycles. The number of carbonyl (C=O) groups excluding carboxylic acids is 2. The molecule has 6 rings (SSSR count). The summed E-state index contributed by atoms with van der Waals surface area (Å²) in [7, 11) is 3.17. The van der Waals surface area contributed by atoms with Crippen LogP contribution < -0.4 is 10.6 Å². The van der Waals surface area contributed by atoms with Crippen LogP contribution in [0.4, 0.5) is 0 Å². The number of benzene rings is 4. The average molecular weight is 637 g/mol. The highest BCUT2D eigenvalue weighted by Gasteiger charge is 2.14. The molecule has 0 spiro atoms. The number of hydrogen-bond acceptors (Lipinski definition) is 8. The van der Waals surface area contributed by atoms with Crippen LogP contribution >= 0.6 is 21.6 Å². The number of nitrogens with zero attached hydrogens (tertiary/aromatic N) is 4. The Morgan fingerprint density at radius 3 is 1.39 bits per heavy atom. The zero-order chi connectivity index (χ0) is 31.9. The molecule has 0 fully saturated rings. The quantitative estimate of drug-likeness (QED) is 0.160. The molecule has 46 heavy (non-hydrogen) atoms. The summed E-state index contributed by atoms with van der Waals surface area (Å²) in [6.45, 7) is 0.660. The summed E-state index contributed by atoms with van der Waals surface area (Å²) in [5.41, 5.74) is 5.55. The van der Waals surface area contributed by atoms with Gasteiger partial charge in [-0.2, -0.15) is 10.5 Å². The van der Waals surface area contributed by atoms with Crippen LogP contribution in [0, 0.1) is 22.7 Å². The lowest BCUT2D eigenvalue weighted by atomic mass is 10.1. The van der Waals surface area contributed by atoms with E-state index in [4.69, 9.17) is 10.5 Å². The Balaban J connectivity index is 1.16. The van der Waals surface area contributed by atoms with Gasteiger partial charge in [0.1, 0.15) is 0 Å². The van der Waals surface area contributed by atoms with E-state index in [-0.39, 0.29) is 11.8 Å². The van der Waals surface area contributed by atoms with Crippen molar-refractivity contribution >= 4 is 55.2 Å². The molecule has 2 aromatic heterocycles. The Kier molecular flexibility index (Phi) is 9.21. The summed E-state index contributed by atoms with van der Waals surface area (Å²) >= 11 is 0. The van der Waals surface area contributed by atoms with Gasteiger partial charge >= 0.3 is 0 Å². The Morgan fingerprint density at radius 2 is 1.00 bits per heavy atom. The number of rotatable bonds is 9. The molecule has 0 aliphatic heterocycles. The van der Waals surface area contributed by atoms with E-state index in [1.807, 2.05) is 48.5 Å². The van der Waals surface area contributed by atoms with E-state index >= 15 is 0 Å². The Bertz CT molecular complexity index is 2020. The molecule has 0 aliphatic carbocycles. The first-order valence-corrected chi connectivity index (χ1v) is 16.3. The van der Waals surface area contributed by atoms with Crippen molar-refractivity contribution in [2.24, 2.45) is 0 Å². The molecule has 4 aromatic carbocycles. The second-order valence-electron chi connectivity index (χ2n) is 10.2. The number of aromatic nitrogens is 2. The van der Waals surface area contributed by atoms with Gasteiger partial charge in [-0.3, -0.25) is 19.6 Å². The SMILES string of the molecule is N#Cc1ccc(C(=O)NCc2ccc(SSc3ccc(CNC(=O)c4ccc(C#N)cc4)c4cccnc34)c3ncccc23)cc1. The zero-order valence-corrected chi connectivity index (χ0v) is 25.9. The molecular formula is C36H24N6O2S2. The zero-order valence-electron chi connectivity index (χ0n) is 24.2. The van der Waals surface area contributed by atoms with Crippen molar-refractivity contribution < 1.29 is 9.59 Å². The molecule has 0 saturated heterocycles. The standard InChI is InChI=1S/C36H24N6O2S2/c37-19-23-5-9-25(10-6-23)35(43)41-21-27-13-15-31(33-29(27)3-1-17-39-33)45-46-32-16-14-28(30-4-2-18-40-34(30)32)22-42-36(44)26-11-7-24(20-38)8-12-26/h1-18H,21-22H2,(H,41,43)(H,42,44). The van der Waals surface area contributed by atoms with E-state index in [0.717, 1.165) is 42.7 Å². The third kappa shape index (κ3) is 6.69. The monoisotopic (exact) mass is 636 g/mol. The fraction of sp³-hybridized carbons (Fsp3) is 0.0556. The minimum atomic E-state index is -0.216. The normalized spacial score (nSPS) is 10.7. The lowest BCUT2D eigenvalue weighted by molar-refractivity contribution is 0.0943. The first-order valence-electron chi connectivity index (χ1n) is 14.2. The van der Waals surface area contributed by atoms with Gasteiger partial charge < -0.3 is 10.6 Å². The van der Waals surface area contributed by atoms with E-state index in [2.05, 4.69) is 32.7 Å². The summed E-state index contributed by atoms with van der Waals surface area (Å²) in [5.74, 6) is -0.431. The van der Waals surface area contributed by atoms with Gasteiger partial charge in [-0.05, 0) is 83.9 Å². The van der Waals surface area contributed by atoms with Crippen molar-refractivity contribution in [1.82, 2.24) is 20.6 Å². The predicted molar refractivity (Wildman–Crippen MR) is 180 cm³/mol. The highest BCUT2D eigenvalue weighted by Crippen LogP contribution is 2.43. The van der Waals surface area contributed by atoms with Gasteiger partial charge in [0.05, 0.1) is 34.3 Å². The van der Waals surface area contributed by atoms with Gasteiger partial charge in [-0.15, -0.1) is 0 Å². The maximum absolute atomic E-state index is 12.7. The molecule has 0 atom stereocenters. The van der Waals surface area contributed by atoms with Gasteiger partial charge in [0.25, 0.3) is 11.8 Å². The minimum Gasteiger partial charge on any atom is -0.348 e. The van der Waals surface area contributed by atoms with Gasteiger partial charge in [0.2, 0.25) is 0 Å². The maximum atomic E-state index is 12.7. The van der Waals surface area contributed by atoms with Crippen molar-refractivity contribution in [1.29, 1.82) is 10.5 Å². The predicted octanol–water partition coefficient (Wildman–Crippen LogP) is 7.19. The van der Waals surface area contributed by atoms with E-state index in [0.29, 0.717) is 35.3 Å². The molecule has 0 bridgehead atoms. The maximum Gasteiger partial charge on any atom is 0.251 e. The Labute approximate surface area is 272 Å². The molecule has 10 heteroatoms. The van der Waals surface area contributed by atoms with E-state index < -0.39 is 0 Å². The number of pyridine rings is 2. The average Bonchev–Trinajstić information content (AvgIpc) is 3.12. The minimum absolute atomic E-state index is 0.216. The van der Waals surface area contributed by atoms with Crippen LogP contribution in [0.2, 0.25) is 0 Å². The fourth-order valence-electron chi connectivity index (χ4n) is 4.89. The van der Waals surface area contributed by atoms with Crippen molar-refractivity contribution in [2.45, 2.75) is 22.9 Å². The Morgan fingerprint density at radius 1 is 0.587 bits per heavy atom. The van der Waals surface area contributed by atoms with Crippen LogP contribution in [0.25, 0.3) is 21.8 Å². The molecule has 2 N–H and O–H groups in total. The fourth-order valence-corrected chi connectivity index (χ4v) is 7.15. The highest BCUT2D eigenvalue weighted by atomic mass is 33.1. The van der Waals surface area contributed by atoms with Crippen molar-refractivity contribution in [3.63, 3.8) is 0 Å². The number of fused-ring (bicyclic) bond motifs is 2. The largest absolute Gasteiger partial charge is 0.348 e. The summed E-state index contributed by atoms with van der Waals surface area (Å²) < 4.78 is 0. The lowest BCUT2D eigenvalue weighted by Gasteiger charge is -2.13. The van der Waals surface area contributed by atoms with Crippen LogP contribution in [0.15, 0.2) is 119 Å². The van der Waals surface area contributed by atoms with Gasteiger partial charge in [-0.25, -0.2) is 0 Å². The highest BCUT2D eigenvalue weighted by molar-refractivity contribution is 8.76. The number of hydrogen-bond donors (Lipinski definition) is 2. The third-order valence-electron chi connectivity index (χ3n) is 7.30. The van der Waals surface area contributed by atoms with Crippen molar-refractivity contribution in [3.8, 4) is 12.1 Å². The van der Waals surface area contributed by atoms with Crippen LogP contribution in [0.1, 0.15) is 43.0 Å². The first-order chi connectivity index (χ1) is 22.5. The molecule has 0 aliphatic rings. The van der Waals surface area contributed by atoms with Gasteiger partial charge in [0.15, 0.2) is 0 Å². The number of nitriles is 2. The topological polar surface area (TPSA) is 132 Å². The summed E-state index contributed by atoms with van der Waals surface area (Å²) in [5, 5.41) is 25.8. The van der Waals surface area contributed by atoms with Crippen LogP contribution in [0.3, 0.4) is 0 Å². The van der Waals surface area contributed by atoms with Crippen LogP contribution in [-0.2, 0) is 13.1 Å². The van der Waals surface area contributed by atoms with E-state index in [1.54, 1.807) is 82.5 Å².